The van der Waals surface area contributed by atoms with Gasteiger partial charge >= 0.3 is 0 Å². The molecule has 4 heteroatoms. The largest absolute Gasteiger partial charge is 0.493 e. The third-order valence-electron chi connectivity index (χ3n) is 4.75. The molecule has 0 aliphatic carbocycles. The lowest BCUT2D eigenvalue weighted by atomic mass is 10.0. The van der Waals surface area contributed by atoms with Gasteiger partial charge < -0.3 is 14.2 Å². The van der Waals surface area contributed by atoms with Crippen LogP contribution in [0.4, 0.5) is 0 Å². The van der Waals surface area contributed by atoms with E-state index in [2.05, 4.69) is 40.2 Å². The van der Waals surface area contributed by atoms with E-state index >= 15 is 0 Å². The lowest BCUT2D eigenvalue weighted by Crippen LogP contribution is -1.98. The zero-order valence-electron chi connectivity index (χ0n) is 15.6. The van der Waals surface area contributed by atoms with Crippen LogP contribution in [-0.2, 0) is 18.0 Å². The lowest BCUT2D eigenvalue weighted by molar-refractivity contribution is 0.0996. The Morgan fingerprint density at radius 2 is 1.82 bits per heavy atom. The summed E-state index contributed by atoms with van der Waals surface area (Å²) in [6.07, 6.45) is 4.12. The molecule has 1 atom stereocenters. The fraction of sp³-hybridized carbons (Fsp3) is 0.167. The van der Waals surface area contributed by atoms with Crippen molar-refractivity contribution in [1.82, 2.24) is 0 Å². The molecule has 0 fully saturated rings. The zero-order chi connectivity index (χ0) is 19.3. The molecule has 1 aliphatic heterocycles. The van der Waals surface area contributed by atoms with Crippen LogP contribution < -0.4 is 9.47 Å². The number of methoxy groups -OCH3 is 1. The Labute approximate surface area is 173 Å². The summed E-state index contributed by atoms with van der Waals surface area (Å²) in [4.78, 5) is 0. The highest BCUT2D eigenvalue weighted by Gasteiger charge is 2.20. The summed E-state index contributed by atoms with van der Waals surface area (Å²) in [7, 11) is 1.65. The summed E-state index contributed by atoms with van der Waals surface area (Å²) in [5.74, 6) is 1.41. The van der Waals surface area contributed by atoms with Crippen molar-refractivity contribution in [2.24, 2.45) is 0 Å². The second-order valence-electron chi connectivity index (χ2n) is 6.59. The van der Waals surface area contributed by atoms with Gasteiger partial charge in [-0.2, -0.15) is 0 Å². The number of halogens is 1. The molecule has 3 aromatic carbocycles. The zero-order valence-corrected chi connectivity index (χ0v) is 17.2. The number of benzene rings is 3. The summed E-state index contributed by atoms with van der Waals surface area (Å²) < 4.78 is 18.4. The van der Waals surface area contributed by atoms with E-state index in [9.17, 15) is 0 Å². The van der Waals surface area contributed by atoms with Crippen LogP contribution in [0, 0.1) is 0 Å². The molecule has 0 N–H and O–H groups in total. The van der Waals surface area contributed by atoms with E-state index in [-0.39, 0.29) is 6.10 Å². The highest BCUT2D eigenvalue weighted by atomic mass is 79.9. The average Bonchev–Trinajstić information content (AvgIpc) is 3.15. The predicted molar refractivity (Wildman–Crippen MR) is 114 cm³/mol. The van der Waals surface area contributed by atoms with Crippen LogP contribution in [0.2, 0.25) is 0 Å². The molecule has 0 saturated heterocycles. The van der Waals surface area contributed by atoms with Gasteiger partial charge in [0.2, 0.25) is 0 Å². The number of rotatable bonds is 6. The molecule has 3 aromatic rings. The van der Waals surface area contributed by atoms with Crippen molar-refractivity contribution in [3.05, 3.63) is 99.5 Å². The SMILES string of the molecule is COc1cc(Br)c(/C=C/C2OCc3ccccc32)cc1OCc1ccccc1. The summed E-state index contributed by atoms with van der Waals surface area (Å²) in [6, 6.07) is 22.3. The van der Waals surface area contributed by atoms with Gasteiger partial charge in [-0.05, 0) is 34.4 Å². The fourth-order valence-corrected chi connectivity index (χ4v) is 3.70. The quantitative estimate of drug-likeness (QED) is 0.452. The van der Waals surface area contributed by atoms with Gasteiger partial charge in [0, 0.05) is 4.47 Å². The molecule has 4 rings (SSSR count). The van der Waals surface area contributed by atoms with E-state index in [0.717, 1.165) is 15.6 Å². The van der Waals surface area contributed by atoms with Crippen molar-refractivity contribution in [3.8, 4) is 11.5 Å². The van der Waals surface area contributed by atoms with E-state index in [4.69, 9.17) is 14.2 Å². The molecular formula is C24H21BrO3. The molecule has 1 aliphatic rings. The van der Waals surface area contributed by atoms with Crippen LogP contribution in [0.3, 0.4) is 0 Å². The number of fused-ring (bicyclic) bond motifs is 1. The van der Waals surface area contributed by atoms with Crippen LogP contribution in [0.5, 0.6) is 11.5 Å². The lowest BCUT2D eigenvalue weighted by Gasteiger charge is -2.13. The first kappa shape index (κ1) is 18.8. The van der Waals surface area contributed by atoms with Gasteiger partial charge in [0.05, 0.1) is 13.7 Å². The maximum Gasteiger partial charge on any atom is 0.162 e. The van der Waals surface area contributed by atoms with Crippen molar-refractivity contribution < 1.29 is 14.2 Å². The maximum atomic E-state index is 6.03. The second kappa shape index (κ2) is 8.63. The Morgan fingerprint density at radius 3 is 2.64 bits per heavy atom. The monoisotopic (exact) mass is 436 g/mol. The Balaban J connectivity index is 1.55. The molecule has 28 heavy (non-hydrogen) atoms. The molecule has 0 radical (unpaired) electrons. The van der Waals surface area contributed by atoms with E-state index < -0.39 is 0 Å². The van der Waals surface area contributed by atoms with Crippen LogP contribution >= 0.6 is 15.9 Å². The van der Waals surface area contributed by atoms with E-state index in [1.165, 1.54) is 11.1 Å². The smallest absolute Gasteiger partial charge is 0.162 e. The van der Waals surface area contributed by atoms with Gasteiger partial charge in [0.1, 0.15) is 12.7 Å². The van der Waals surface area contributed by atoms with Crippen molar-refractivity contribution in [2.45, 2.75) is 19.3 Å². The van der Waals surface area contributed by atoms with Crippen molar-refractivity contribution in [3.63, 3.8) is 0 Å². The highest BCUT2D eigenvalue weighted by Crippen LogP contribution is 2.36. The normalized spacial score (nSPS) is 15.6. The molecule has 0 bridgehead atoms. The van der Waals surface area contributed by atoms with Crippen LogP contribution in [0.1, 0.15) is 28.4 Å². The maximum absolute atomic E-state index is 6.03. The highest BCUT2D eigenvalue weighted by molar-refractivity contribution is 9.10. The Bertz CT molecular complexity index is 982. The molecule has 0 amide bonds. The Morgan fingerprint density at radius 1 is 1.04 bits per heavy atom. The first-order chi connectivity index (χ1) is 13.7. The summed E-state index contributed by atoms with van der Waals surface area (Å²) in [5, 5.41) is 0. The number of hydrogen-bond acceptors (Lipinski definition) is 3. The Hall–Kier alpha value is -2.56. The van der Waals surface area contributed by atoms with Gasteiger partial charge in [-0.15, -0.1) is 0 Å². The first-order valence-electron chi connectivity index (χ1n) is 9.16. The van der Waals surface area contributed by atoms with Crippen molar-refractivity contribution in [1.29, 1.82) is 0 Å². The summed E-state index contributed by atoms with van der Waals surface area (Å²) in [6.45, 7) is 1.14. The molecular weight excluding hydrogens is 416 g/mol. The van der Waals surface area contributed by atoms with E-state index in [1.807, 2.05) is 54.6 Å². The molecule has 3 nitrogen and oxygen atoms in total. The van der Waals surface area contributed by atoms with Gasteiger partial charge in [0.15, 0.2) is 11.5 Å². The van der Waals surface area contributed by atoms with Crippen molar-refractivity contribution >= 4 is 22.0 Å². The standard InChI is InChI=1S/C24H21BrO3/c1-26-23-14-21(25)18(13-24(23)27-15-17-7-3-2-4-8-17)11-12-22-20-10-6-5-9-19(20)16-28-22/h2-14,22H,15-16H2,1H3/b12-11+. The average molecular weight is 437 g/mol. The Kier molecular flexibility index (Phi) is 5.79. The van der Waals surface area contributed by atoms with Crippen molar-refractivity contribution in [2.75, 3.05) is 7.11 Å². The first-order valence-corrected chi connectivity index (χ1v) is 9.96. The third kappa shape index (κ3) is 4.13. The fourth-order valence-electron chi connectivity index (χ4n) is 3.25. The second-order valence-corrected chi connectivity index (χ2v) is 7.44. The molecule has 1 unspecified atom stereocenters. The molecule has 0 saturated carbocycles. The van der Waals surface area contributed by atoms with Crippen LogP contribution in [-0.4, -0.2) is 7.11 Å². The number of hydrogen-bond donors (Lipinski definition) is 0. The molecule has 1 heterocycles. The summed E-state index contributed by atoms with van der Waals surface area (Å²) in [5.41, 5.74) is 4.60. The molecule has 142 valence electrons. The van der Waals surface area contributed by atoms with Gasteiger partial charge in [-0.3, -0.25) is 0 Å². The predicted octanol–water partition coefficient (Wildman–Crippen LogP) is 6.32. The van der Waals surface area contributed by atoms with E-state index in [1.54, 1.807) is 7.11 Å². The van der Waals surface area contributed by atoms with Gasteiger partial charge in [-0.25, -0.2) is 0 Å². The van der Waals surface area contributed by atoms with E-state index in [0.29, 0.717) is 24.7 Å². The van der Waals surface area contributed by atoms with Crippen LogP contribution in [0.25, 0.3) is 6.08 Å². The van der Waals surface area contributed by atoms with Gasteiger partial charge in [0.25, 0.3) is 0 Å². The summed E-state index contributed by atoms with van der Waals surface area (Å²) >= 11 is 3.63. The minimum Gasteiger partial charge on any atom is -0.493 e. The number of ether oxygens (including phenoxy) is 3. The minimum absolute atomic E-state index is 0.0288. The molecule has 0 aromatic heterocycles. The topological polar surface area (TPSA) is 27.7 Å². The van der Waals surface area contributed by atoms with Crippen LogP contribution in [0.15, 0.2) is 77.3 Å². The van der Waals surface area contributed by atoms with Gasteiger partial charge in [-0.1, -0.05) is 82.7 Å². The minimum atomic E-state index is -0.0288. The molecule has 0 spiro atoms. The third-order valence-corrected chi connectivity index (χ3v) is 5.44.